The number of carbonyl (C=O) groups excluding carboxylic acids is 2. The molecule has 1 aromatic heterocycles. The van der Waals surface area contributed by atoms with Crippen LogP contribution in [-0.4, -0.2) is 62.3 Å². The summed E-state index contributed by atoms with van der Waals surface area (Å²) in [6, 6.07) is 6.22. The molecule has 5 N–H and O–H groups in total. The molecule has 0 unspecified atom stereocenters. The van der Waals surface area contributed by atoms with Crippen LogP contribution in [0.15, 0.2) is 30.3 Å². The highest BCUT2D eigenvalue weighted by Crippen LogP contribution is 2.29. The van der Waals surface area contributed by atoms with Gasteiger partial charge in [-0.1, -0.05) is 0 Å². The minimum absolute atomic E-state index is 0.158. The van der Waals surface area contributed by atoms with Crippen molar-refractivity contribution in [2.45, 2.75) is 25.4 Å². The Morgan fingerprint density at radius 1 is 1.20 bits per heavy atom. The van der Waals surface area contributed by atoms with E-state index in [4.69, 9.17) is 21.0 Å². The lowest BCUT2D eigenvalue weighted by Crippen LogP contribution is -2.39. The van der Waals surface area contributed by atoms with Gasteiger partial charge in [0.15, 0.2) is 17.3 Å². The Balaban J connectivity index is 1.63. The van der Waals surface area contributed by atoms with Crippen LogP contribution in [0.25, 0.3) is 0 Å². The van der Waals surface area contributed by atoms with Crippen molar-refractivity contribution < 1.29 is 38.5 Å². The first-order chi connectivity index (χ1) is 16.5. The lowest BCUT2D eigenvalue weighted by molar-refractivity contribution is -0.149. The molecule has 2 heterocycles. The number of amidine groups is 1. The number of nitrogens with two attached hydrogens (primary N) is 1. The topological polar surface area (TPSA) is 171 Å². The fraction of sp³-hybridized carbons (Fsp3) is 0.318. The molecule has 0 saturated carbocycles. The zero-order valence-corrected chi connectivity index (χ0v) is 19.9. The molecule has 0 aliphatic carbocycles. The Bertz CT molecular complexity index is 1170. The first-order valence-electron chi connectivity index (χ1n) is 10.3. The third-order valence-electron chi connectivity index (χ3n) is 5.23. The molecule has 0 radical (unpaired) electrons. The van der Waals surface area contributed by atoms with Crippen LogP contribution < -0.4 is 10.5 Å². The second kappa shape index (κ2) is 11.4. The number of carbonyl (C=O) groups is 4. The molecule has 1 fully saturated rings. The third-order valence-corrected chi connectivity index (χ3v) is 7.35. The van der Waals surface area contributed by atoms with E-state index in [-0.39, 0.29) is 34.2 Å². The number of carboxylic acid groups (broad SMARTS) is 2. The predicted molar refractivity (Wildman–Crippen MR) is 126 cm³/mol. The number of nitrogens with zero attached hydrogens (tertiary/aromatic N) is 1. The van der Waals surface area contributed by atoms with E-state index in [0.717, 1.165) is 22.3 Å². The number of halogens is 1. The number of esters is 1. The molecule has 0 amide bonds. The smallest absolute Gasteiger partial charge is 0.353 e. The number of rotatable bonds is 11. The van der Waals surface area contributed by atoms with Crippen molar-refractivity contribution in [3.05, 3.63) is 51.5 Å². The van der Waals surface area contributed by atoms with Crippen LogP contribution in [0, 0.1) is 17.1 Å². The van der Waals surface area contributed by atoms with Crippen molar-refractivity contribution in [3.8, 4) is 5.75 Å². The molecule has 2 aromatic rings. The minimum atomic E-state index is -1.33. The van der Waals surface area contributed by atoms with Crippen molar-refractivity contribution in [3.63, 3.8) is 0 Å². The summed E-state index contributed by atoms with van der Waals surface area (Å²) in [6.07, 6.45) is -1.01. The van der Waals surface area contributed by atoms with E-state index in [1.54, 1.807) is 6.07 Å². The molecule has 0 spiro atoms. The van der Waals surface area contributed by atoms with Crippen molar-refractivity contribution in [1.82, 2.24) is 4.90 Å². The number of ketones is 1. The molecular formula is C22H22FN3O7S2. The SMILES string of the molecule is N=C(N)c1ccc(OC(=O)c2ccc(CN3CSC[C@H]3C(=O)C[C@@H](CC(=O)O)C(=O)O)s2)c(F)c1. The lowest BCUT2D eigenvalue weighted by Gasteiger charge is -2.22. The van der Waals surface area contributed by atoms with Crippen LogP contribution in [0.2, 0.25) is 0 Å². The summed E-state index contributed by atoms with van der Waals surface area (Å²) in [5, 5.41) is 25.4. The summed E-state index contributed by atoms with van der Waals surface area (Å²) in [4.78, 5) is 50.2. The summed E-state index contributed by atoms with van der Waals surface area (Å²) in [5.74, 6) is -5.50. The molecule has 186 valence electrons. The van der Waals surface area contributed by atoms with Gasteiger partial charge in [-0.3, -0.25) is 24.7 Å². The van der Waals surface area contributed by atoms with Crippen LogP contribution in [0.5, 0.6) is 5.75 Å². The maximum absolute atomic E-state index is 14.2. The van der Waals surface area contributed by atoms with Gasteiger partial charge in [0.1, 0.15) is 10.7 Å². The van der Waals surface area contributed by atoms with Crippen LogP contribution >= 0.6 is 23.1 Å². The standard InChI is InChI=1S/C22H22FN3O7S2/c23-14-5-11(20(24)25)1-3-17(14)33-22(32)18-4-2-13(35-18)8-26-10-34-9-15(26)16(27)6-12(21(30)31)7-19(28)29/h1-5,12,15H,6-10H2,(H3,24,25)(H,28,29)(H,30,31)/t12-,15-/m0/s1. The quantitative estimate of drug-likeness (QED) is 0.148. The fourth-order valence-electron chi connectivity index (χ4n) is 3.44. The maximum atomic E-state index is 14.2. The maximum Gasteiger partial charge on any atom is 0.353 e. The Hall–Kier alpha value is -3.29. The van der Waals surface area contributed by atoms with Crippen molar-refractivity contribution in [1.29, 1.82) is 5.41 Å². The molecule has 10 nitrogen and oxygen atoms in total. The number of aliphatic carboxylic acids is 2. The number of benzene rings is 1. The Morgan fingerprint density at radius 2 is 1.94 bits per heavy atom. The molecule has 0 bridgehead atoms. The van der Waals surface area contributed by atoms with Crippen LogP contribution in [0.4, 0.5) is 4.39 Å². The summed E-state index contributed by atoms with van der Waals surface area (Å²) < 4.78 is 19.3. The number of Topliss-reactive ketones (excluding diaryl/α,β-unsaturated/α-hetero) is 1. The zero-order valence-electron chi connectivity index (χ0n) is 18.2. The number of hydrogen-bond donors (Lipinski definition) is 4. The zero-order chi connectivity index (χ0) is 25.7. The molecule has 2 atom stereocenters. The number of hydrogen-bond acceptors (Lipinski definition) is 9. The second-order valence-corrected chi connectivity index (χ2v) is 9.95. The van der Waals surface area contributed by atoms with Gasteiger partial charge in [0.25, 0.3) is 0 Å². The number of nitrogen functional groups attached to an aromatic ring is 1. The van der Waals surface area contributed by atoms with Gasteiger partial charge in [-0.05, 0) is 30.3 Å². The van der Waals surface area contributed by atoms with Gasteiger partial charge < -0.3 is 20.7 Å². The normalized spacial score (nSPS) is 16.5. The van der Waals surface area contributed by atoms with E-state index in [1.807, 2.05) is 4.90 Å². The average molecular weight is 524 g/mol. The number of thiophene rings is 1. The van der Waals surface area contributed by atoms with Gasteiger partial charge in [0.05, 0.1) is 18.4 Å². The highest BCUT2D eigenvalue weighted by molar-refractivity contribution is 7.99. The predicted octanol–water partition coefficient (Wildman–Crippen LogP) is 2.40. The van der Waals surface area contributed by atoms with Gasteiger partial charge in [-0.25, -0.2) is 9.18 Å². The Kier molecular flexibility index (Phi) is 8.59. The van der Waals surface area contributed by atoms with E-state index in [9.17, 15) is 28.7 Å². The monoisotopic (exact) mass is 523 g/mol. The van der Waals surface area contributed by atoms with E-state index < -0.39 is 42.1 Å². The highest BCUT2D eigenvalue weighted by Gasteiger charge is 2.34. The molecule has 35 heavy (non-hydrogen) atoms. The number of ether oxygens (including phenoxy) is 1. The van der Waals surface area contributed by atoms with E-state index in [0.29, 0.717) is 18.2 Å². The summed E-state index contributed by atoms with van der Waals surface area (Å²) in [6.45, 7) is 0.319. The fourth-order valence-corrected chi connectivity index (χ4v) is 5.58. The molecule has 13 heteroatoms. The molecular weight excluding hydrogens is 501 g/mol. The van der Waals surface area contributed by atoms with Crippen molar-refractivity contribution >= 4 is 52.6 Å². The Labute approximate surface area is 207 Å². The van der Waals surface area contributed by atoms with E-state index >= 15 is 0 Å². The number of thioether (sulfide) groups is 1. The number of nitrogens with one attached hydrogen (secondary N) is 1. The summed E-state index contributed by atoms with van der Waals surface area (Å²) >= 11 is 2.61. The van der Waals surface area contributed by atoms with Gasteiger partial charge in [-0.15, -0.1) is 23.1 Å². The van der Waals surface area contributed by atoms with E-state index in [1.165, 1.54) is 30.0 Å². The van der Waals surface area contributed by atoms with Crippen LogP contribution in [0.1, 0.15) is 33.0 Å². The van der Waals surface area contributed by atoms with E-state index in [2.05, 4.69) is 0 Å². The minimum Gasteiger partial charge on any atom is -0.481 e. The molecule has 3 rings (SSSR count). The van der Waals surface area contributed by atoms with Crippen molar-refractivity contribution in [2.75, 3.05) is 11.6 Å². The Morgan fingerprint density at radius 3 is 2.57 bits per heavy atom. The number of carboxylic acids is 2. The lowest BCUT2D eigenvalue weighted by atomic mass is 9.95. The van der Waals surface area contributed by atoms with Gasteiger partial charge in [-0.2, -0.15) is 0 Å². The molecule has 1 aliphatic heterocycles. The third kappa shape index (κ3) is 6.87. The van der Waals surface area contributed by atoms with Gasteiger partial charge in [0.2, 0.25) is 0 Å². The van der Waals surface area contributed by atoms with Crippen LogP contribution in [-0.2, 0) is 20.9 Å². The van der Waals surface area contributed by atoms with Gasteiger partial charge in [0, 0.05) is 35.0 Å². The summed E-state index contributed by atoms with van der Waals surface area (Å²) in [5.41, 5.74) is 5.47. The summed E-state index contributed by atoms with van der Waals surface area (Å²) in [7, 11) is 0. The molecule has 1 aliphatic rings. The first kappa shape index (κ1) is 26.3. The largest absolute Gasteiger partial charge is 0.481 e. The van der Waals surface area contributed by atoms with Gasteiger partial charge >= 0.3 is 17.9 Å². The highest BCUT2D eigenvalue weighted by atomic mass is 32.2. The van der Waals surface area contributed by atoms with Crippen molar-refractivity contribution in [2.24, 2.45) is 11.7 Å². The van der Waals surface area contributed by atoms with Crippen LogP contribution in [0.3, 0.4) is 0 Å². The first-order valence-corrected chi connectivity index (χ1v) is 12.3. The second-order valence-electron chi connectivity index (χ2n) is 7.78. The molecule has 1 aromatic carbocycles. The average Bonchev–Trinajstić information content (AvgIpc) is 3.44. The molecule has 1 saturated heterocycles.